The number of hydrogen-bond donors (Lipinski definition) is 1. The summed E-state index contributed by atoms with van der Waals surface area (Å²) in [7, 11) is 0. The number of pyridine rings is 1. The Labute approximate surface area is 187 Å². The molecule has 3 aromatic rings. The van der Waals surface area contributed by atoms with Crippen molar-refractivity contribution < 1.29 is 19.1 Å². The molecule has 0 saturated heterocycles. The predicted octanol–water partition coefficient (Wildman–Crippen LogP) is 3.80. The van der Waals surface area contributed by atoms with Crippen LogP contribution in [0.15, 0.2) is 73.1 Å². The molecule has 2 amide bonds. The van der Waals surface area contributed by atoms with Gasteiger partial charge in [-0.05, 0) is 35.7 Å². The molecule has 7 heteroatoms. The van der Waals surface area contributed by atoms with Crippen LogP contribution in [0.3, 0.4) is 0 Å². The fourth-order valence-electron chi connectivity index (χ4n) is 3.68. The quantitative estimate of drug-likeness (QED) is 0.587. The molecule has 7 nitrogen and oxygen atoms in total. The summed E-state index contributed by atoms with van der Waals surface area (Å²) in [6.45, 7) is 2.36. The molecule has 4 rings (SSSR count). The first-order valence-corrected chi connectivity index (χ1v) is 10.6. The summed E-state index contributed by atoms with van der Waals surface area (Å²) in [4.78, 5) is 32.3. The highest BCUT2D eigenvalue weighted by Gasteiger charge is 2.29. The molecule has 1 N–H and O–H groups in total. The molecule has 2 aromatic carbocycles. The normalized spacial score (nSPS) is 12.8. The second-order valence-corrected chi connectivity index (χ2v) is 7.53. The highest BCUT2D eigenvalue weighted by atomic mass is 16.7. The molecular weight excluding hydrogens is 406 g/mol. The number of aromatic nitrogens is 1. The van der Waals surface area contributed by atoms with Gasteiger partial charge in [-0.2, -0.15) is 0 Å². The van der Waals surface area contributed by atoms with Crippen molar-refractivity contribution in [1.82, 2.24) is 9.88 Å². The second-order valence-electron chi connectivity index (χ2n) is 7.53. The zero-order valence-electron chi connectivity index (χ0n) is 17.9. The third kappa shape index (κ3) is 5.06. The van der Waals surface area contributed by atoms with Crippen molar-refractivity contribution in [3.8, 4) is 11.5 Å². The summed E-state index contributed by atoms with van der Waals surface area (Å²) >= 11 is 0. The standard InChI is InChI=1S/C25H25N3O4/c1-2-21(25(30)27-20-10-11-22-23(14-20)32-17-31-22)28(16-19-9-6-12-26-15-19)24(29)13-18-7-4-3-5-8-18/h3-12,14-15,21H,2,13,16-17H2,1H3,(H,27,30). The van der Waals surface area contributed by atoms with Crippen LogP contribution in [-0.4, -0.2) is 34.5 Å². The molecule has 1 aliphatic rings. The fraction of sp³-hybridized carbons (Fsp3) is 0.240. The van der Waals surface area contributed by atoms with Gasteiger partial charge in [0.15, 0.2) is 11.5 Å². The van der Waals surface area contributed by atoms with Gasteiger partial charge in [0.25, 0.3) is 0 Å². The van der Waals surface area contributed by atoms with E-state index in [0.717, 1.165) is 11.1 Å². The van der Waals surface area contributed by atoms with Gasteiger partial charge in [-0.3, -0.25) is 14.6 Å². The van der Waals surface area contributed by atoms with Crippen LogP contribution in [0.5, 0.6) is 11.5 Å². The molecule has 0 bridgehead atoms. The third-order valence-electron chi connectivity index (χ3n) is 5.30. The van der Waals surface area contributed by atoms with E-state index in [9.17, 15) is 9.59 Å². The van der Waals surface area contributed by atoms with Gasteiger partial charge in [-0.25, -0.2) is 0 Å². The summed E-state index contributed by atoms with van der Waals surface area (Å²) in [6.07, 6.45) is 4.08. The van der Waals surface area contributed by atoms with E-state index in [2.05, 4.69) is 10.3 Å². The molecule has 2 heterocycles. The molecule has 0 spiro atoms. The molecule has 1 aromatic heterocycles. The van der Waals surface area contributed by atoms with Gasteiger partial charge in [0, 0.05) is 30.7 Å². The van der Waals surface area contributed by atoms with Crippen LogP contribution in [0, 0.1) is 0 Å². The lowest BCUT2D eigenvalue weighted by atomic mass is 10.1. The van der Waals surface area contributed by atoms with Crippen molar-refractivity contribution in [2.75, 3.05) is 12.1 Å². The molecule has 0 fully saturated rings. The summed E-state index contributed by atoms with van der Waals surface area (Å²) in [5.74, 6) is 0.860. The number of carbonyl (C=O) groups excluding carboxylic acids is 2. The Hall–Kier alpha value is -3.87. The van der Waals surface area contributed by atoms with E-state index in [4.69, 9.17) is 9.47 Å². The minimum absolute atomic E-state index is 0.118. The summed E-state index contributed by atoms with van der Waals surface area (Å²) in [6, 6.07) is 17.9. The van der Waals surface area contributed by atoms with E-state index in [1.54, 1.807) is 35.5 Å². The fourth-order valence-corrected chi connectivity index (χ4v) is 3.68. The Kier molecular flexibility index (Phi) is 6.65. The number of fused-ring (bicyclic) bond motifs is 1. The van der Waals surface area contributed by atoms with Crippen LogP contribution in [0.4, 0.5) is 5.69 Å². The lowest BCUT2D eigenvalue weighted by molar-refractivity contribution is -0.139. The monoisotopic (exact) mass is 431 g/mol. The van der Waals surface area contributed by atoms with Crippen LogP contribution in [0.25, 0.3) is 0 Å². The Balaban J connectivity index is 1.55. The van der Waals surface area contributed by atoms with Crippen LogP contribution < -0.4 is 14.8 Å². The van der Waals surface area contributed by atoms with Gasteiger partial charge in [0.1, 0.15) is 6.04 Å². The summed E-state index contributed by atoms with van der Waals surface area (Å²) in [5, 5.41) is 2.92. The van der Waals surface area contributed by atoms with E-state index in [-0.39, 0.29) is 25.0 Å². The van der Waals surface area contributed by atoms with Crippen molar-refractivity contribution in [3.63, 3.8) is 0 Å². The van der Waals surface area contributed by atoms with Crippen LogP contribution in [-0.2, 0) is 22.6 Å². The highest BCUT2D eigenvalue weighted by molar-refractivity contribution is 5.97. The zero-order chi connectivity index (χ0) is 22.3. The number of nitrogens with zero attached hydrogens (tertiary/aromatic N) is 2. The number of benzene rings is 2. The molecule has 0 aliphatic carbocycles. The minimum Gasteiger partial charge on any atom is -0.454 e. The molecule has 1 unspecified atom stereocenters. The zero-order valence-corrected chi connectivity index (χ0v) is 17.9. The van der Waals surface area contributed by atoms with Crippen LogP contribution in [0.2, 0.25) is 0 Å². The lowest BCUT2D eigenvalue weighted by Gasteiger charge is -2.30. The second kappa shape index (κ2) is 9.96. The Morgan fingerprint density at radius 2 is 1.81 bits per heavy atom. The van der Waals surface area contributed by atoms with Crippen molar-refractivity contribution >= 4 is 17.5 Å². The highest BCUT2D eigenvalue weighted by Crippen LogP contribution is 2.34. The Morgan fingerprint density at radius 3 is 2.56 bits per heavy atom. The van der Waals surface area contributed by atoms with Crippen LogP contribution >= 0.6 is 0 Å². The number of amides is 2. The largest absolute Gasteiger partial charge is 0.454 e. The van der Waals surface area contributed by atoms with Crippen molar-refractivity contribution in [2.24, 2.45) is 0 Å². The topological polar surface area (TPSA) is 80.8 Å². The first kappa shape index (κ1) is 21.4. The average molecular weight is 431 g/mol. The first-order chi connectivity index (χ1) is 15.6. The lowest BCUT2D eigenvalue weighted by Crippen LogP contribution is -2.47. The number of nitrogens with one attached hydrogen (secondary N) is 1. The minimum atomic E-state index is -0.642. The van der Waals surface area contributed by atoms with Crippen molar-refractivity contribution in [1.29, 1.82) is 0 Å². The summed E-state index contributed by atoms with van der Waals surface area (Å²) < 4.78 is 10.7. The third-order valence-corrected chi connectivity index (χ3v) is 5.30. The van der Waals surface area contributed by atoms with E-state index in [1.165, 1.54) is 0 Å². The Morgan fingerprint density at radius 1 is 1.03 bits per heavy atom. The van der Waals surface area contributed by atoms with E-state index >= 15 is 0 Å². The van der Waals surface area contributed by atoms with E-state index in [1.807, 2.05) is 49.4 Å². The molecule has 0 saturated carbocycles. The maximum absolute atomic E-state index is 13.3. The number of anilines is 1. The van der Waals surface area contributed by atoms with Gasteiger partial charge < -0.3 is 19.7 Å². The number of carbonyl (C=O) groups is 2. The molecule has 32 heavy (non-hydrogen) atoms. The predicted molar refractivity (Wildman–Crippen MR) is 120 cm³/mol. The first-order valence-electron chi connectivity index (χ1n) is 10.6. The van der Waals surface area contributed by atoms with E-state index < -0.39 is 6.04 Å². The van der Waals surface area contributed by atoms with Gasteiger partial charge in [-0.15, -0.1) is 0 Å². The van der Waals surface area contributed by atoms with Crippen molar-refractivity contribution in [3.05, 3.63) is 84.2 Å². The molecular formula is C25H25N3O4. The van der Waals surface area contributed by atoms with Gasteiger partial charge in [0.2, 0.25) is 18.6 Å². The Bertz CT molecular complexity index is 1070. The van der Waals surface area contributed by atoms with E-state index in [0.29, 0.717) is 30.2 Å². The number of ether oxygens (including phenoxy) is 2. The summed E-state index contributed by atoms with van der Waals surface area (Å²) in [5.41, 5.74) is 2.36. The number of rotatable bonds is 8. The van der Waals surface area contributed by atoms with Crippen LogP contribution in [0.1, 0.15) is 24.5 Å². The SMILES string of the molecule is CCC(C(=O)Nc1ccc2c(c1)OCO2)N(Cc1cccnc1)C(=O)Cc1ccccc1. The maximum Gasteiger partial charge on any atom is 0.247 e. The van der Waals surface area contributed by atoms with Crippen molar-refractivity contribution in [2.45, 2.75) is 32.4 Å². The van der Waals surface area contributed by atoms with Gasteiger partial charge in [-0.1, -0.05) is 43.3 Å². The van der Waals surface area contributed by atoms with Gasteiger partial charge >= 0.3 is 0 Å². The van der Waals surface area contributed by atoms with Gasteiger partial charge in [0.05, 0.1) is 6.42 Å². The molecule has 0 radical (unpaired) electrons. The molecule has 1 atom stereocenters. The molecule has 164 valence electrons. The number of hydrogen-bond acceptors (Lipinski definition) is 5. The average Bonchev–Trinajstić information content (AvgIpc) is 3.28. The smallest absolute Gasteiger partial charge is 0.247 e. The molecule has 1 aliphatic heterocycles. The maximum atomic E-state index is 13.3.